The van der Waals surface area contributed by atoms with Crippen LogP contribution in [0.25, 0.3) is 0 Å². The molecule has 2 rings (SSSR count). The van der Waals surface area contributed by atoms with Crippen molar-refractivity contribution in [3.63, 3.8) is 0 Å². The van der Waals surface area contributed by atoms with Crippen LogP contribution in [0.1, 0.15) is 17.2 Å². The average molecular weight is 345 g/mol. The van der Waals surface area contributed by atoms with Crippen LogP contribution in [0.15, 0.2) is 40.9 Å². The Morgan fingerprint density at radius 2 is 2.00 bits per heavy atom. The summed E-state index contributed by atoms with van der Waals surface area (Å²) in [6.45, 7) is 0. The van der Waals surface area contributed by atoms with E-state index in [0.29, 0.717) is 16.1 Å². The average Bonchev–Trinajstić information content (AvgIpc) is 2.41. The lowest BCUT2D eigenvalue weighted by Gasteiger charge is -2.16. The second-order valence-corrected chi connectivity index (χ2v) is 5.33. The minimum absolute atomic E-state index is 0.166. The SMILES string of the molecule is COc1cccc(C(N)c2cc(Br)ccc2Cl)c1F. The Balaban J connectivity index is 2.50. The topological polar surface area (TPSA) is 35.2 Å². The number of hydrogen-bond donors (Lipinski definition) is 1. The van der Waals surface area contributed by atoms with Crippen LogP contribution in [-0.2, 0) is 0 Å². The first kappa shape index (κ1) is 14.3. The Labute approximate surface area is 124 Å². The van der Waals surface area contributed by atoms with E-state index in [9.17, 15) is 4.39 Å². The summed E-state index contributed by atoms with van der Waals surface area (Å²) in [7, 11) is 1.42. The zero-order valence-electron chi connectivity index (χ0n) is 10.2. The molecule has 0 aromatic heterocycles. The largest absolute Gasteiger partial charge is 0.494 e. The van der Waals surface area contributed by atoms with Crippen LogP contribution in [0.2, 0.25) is 5.02 Å². The molecule has 0 bridgehead atoms. The number of hydrogen-bond acceptors (Lipinski definition) is 2. The number of halogens is 3. The van der Waals surface area contributed by atoms with Crippen molar-refractivity contribution in [1.82, 2.24) is 0 Å². The molecule has 0 fully saturated rings. The van der Waals surface area contributed by atoms with Crippen molar-refractivity contribution >= 4 is 27.5 Å². The molecule has 2 N–H and O–H groups in total. The summed E-state index contributed by atoms with van der Waals surface area (Å²) in [6.07, 6.45) is 0. The molecule has 1 atom stereocenters. The lowest BCUT2D eigenvalue weighted by Crippen LogP contribution is -2.14. The van der Waals surface area contributed by atoms with Gasteiger partial charge in [-0.2, -0.15) is 0 Å². The highest BCUT2D eigenvalue weighted by atomic mass is 79.9. The van der Waals surface area contributed by atoms with Gasteiger partial charge in [-0.3, -0.25) is 0 Å². The number of methoxy groups -OCH3 is 1. The lowest BCUT2D eigenvalue weighted by atomic mass is 9.99. The summed E-state index contributed by atoms with van der Waals surface area (Å²) in [5.74, 6) is -0.299. The maximum absolute atomic E-state index is 14.2. The quantitative estimate of drug-likeness (QED) is 0.901. The van der Waals surface area contributed by atoms with Crippen LogP contribution in [0.3, 0.4) is 0 Å². The van der Waals surface area contributed by atoms with Gasteiger partial charge in [0.2, 0.25) is 0 Å². The third kappa shape index (κ3) is 2.91. The van der Waals surface area contributed by atoms with Gasteiger partial charge in [0.25, 0.3) is 0 Å². The van der Waals surface area contributed by atoms with Gasteiger partial charge in [0, 0.05) is 15.1 Å². The monoisotopic (exact) mass is 343 g/mol. The molecule has 0 spiro atoms. The van der Waals surface area contributed by atoms with E-state index >= 15 is 0 Å². The molecule has 2 aromatic carbocycles. The zero-order chi connectivity index (χ0) is 14.0. The smallest absolute Gasteiger partial charge is 0.170 e. The molecule has 0 saturated heterocycles. The van der Waals surface area contributed by atoms with E-state index in [1.54, 1.807) is 36.4 Å². The number of rotatable bonds is 3. The summed E-state index contributed by atoms with van der Waals surface area (Å²) in [5, 5.41) is 0.498. The van der Waals surface area contributed by atoms with Gasteiger partial charge in [-0.25, -0.2) is 4.39 Å². The maximum atomic E-state index is 14.2. The summed E-state index contributed by atoms with van der Waals surface area (Å²) in [4.78, 5) is 0. The van der Waals surface area contributed by atoms with E-state index in [1.165, 1.54) is 7.11 Å². The molecule has 0 aliphatic heterocycles. The van der Waals surface area contributed by atoms with Gasteiger partial charge < -0.3 is 10.5 Å². The van der Waals surface area contributed by atoms with E-state index in [-0.39, 0.29) is 5.75 Å². The van der Waals surface area contributed by atoms with Gasteiger partial charge in [0.05, 0.1) is 13.2 Å². The molecule has 0 saturated carbocycles. The van der Waals surface area contributed by atoms with Gasteiger partial charge in [-0.05, 0) is 29.8 Å². The Hall–Kier alpha value is -1.10. The van der Waals surface area contributed by atoms with Crippen molar-refractivity contribution in [2.45, 2.75) is 6.04 Å². The van der Waals surface area contributed by atoms with Crippen molar-refractivity contribution in [3.8, 4) is 5.75 Å². The van der Waals surface area contributed by atoms with E-state index < -0.39 is 11.9 Å². The Kier molecular flexibility index (Phi) is 4.45. The van der Waals surface area contributed by atoms with Gasteiger partial charge in [-0.1, -0.05) is 39.7 Å². The molecule has 1 unspecified atom stereocenters. The third-order valence-electron chi connectivity index (χ3n) is 2.84. The van der Waals surface area contributed by atoms with Crippen molar-refractivity contribution in [1.29, 1.82) is 0 Å². The molecule has 100 valence electrons. The minimum atomic E-state index is -0.653. The van der Waals surface area contributed by atoms with Crippen LogP contribution in [0.4, 0.5) is 4.39 Å². The highest BCUT2D eigenvalue weighted by Gasteiger charge is 2.19. The normalized spacial score (nSPS) is 12.3. The van der Waals surface area contributed by atoms with Crippen LogP contribution in [-0.4, -0.2) is 7.11 Å². The number of ether oxygens (including phenoxy) is 1. The summed E-state index contributed by atoms with van der Waals surface area (Å²) >= 11 is 9.46. The summed E-state index contributed by atoms with van der Waals surface area (Å²) in [6, 6.07) is 9.53. The highest BCUT2D eigenvalue weighted by Crippen LogP contribution is 2.32. The standard InChI is InChI=1S/C14H12BrClFNO/c1-19-12-4-2-3-9(13(12)17)14(18)10-7-8(15)5-6-11(10)16/h2-7,14H,18H2,1H3. The molecular weight excluding hydrogens is 333 g/mol. The fourth-order valence-electron chi connectivity index (χ4n) is 1.85. The second kappa shape index (κ2) is 5.90. The predicted octanol–water partition coefficient (Wildman–Crippen LogP) is 4.30. The Morgan fingerprint density at radius 3 is 2.68 bits per heavy atom. The number of benzene rings is 2. The lowest BCUT2D eigenvalue weighted by molar-refractivity contribution is 0.383. The van der Waals surface area contributed by atoms with Crippen LogP contribution in [0.5, 0.6) is 5.75 Å². The van der Waals surface area contributed by atoms with Crippen LogP contribution >= 0.6 is 27.5 Å². The van der Waals surface area contributed by atoms with Crippen molar-refractivity contribution in [2.75, 3.05) is 7.11 Å². The molecule has 2 aromatic rings. The van der Waals surface area contributed by atoms with E-state index in [1.807, 2.05) is 0 Å². The van der Waals surface area contributed by atoms with Gasteiger partial charge in [0.15, 0.2) is 11.6 Å². The Morgan fingerprint density at radius 1 is 1.26 bits per heavy atom. The van der Waals surface area contributed by atoms with Crippen molar-refractivity contribution < 1.29 is 9.13 Å². The molecule has 5 heteroatoms. The first-order valence-corrected chi connectivity index (χ1v) is 6.74. The zero-order valence-corrected chi connectivity index (χ0v) is 12.5. The molecule has 0 aliphatic carbocycles. The molecule has 0 radical (unpaired) electrons. The van der Waals surface area contributed by atoms with Crippen LogP contribution < -0.4 is 10.5 Å². The molecular formula is C14H12BrClFNO. The van der Waals surface area contributed by atoms with Crippen LogP contribution in [0, 0.1) is 5.82 Å². The highest BCUT2D eigenvalue weighted by molar-refractivity contribution is 9.10. The van der Waals surface area contributed by atoms with Gasteiger partial charge >= 0.3 is 0 Å². The summed E-state index contributed by atoms with van der Waals surface area (Å²) in [5.41, 5.74) is 7.11. The van der Waals surface area contributed by atoms with Gasteiger partial charge in [-0.15, -0.1) is 0 Å². The first-order chi connectivity index (χ1) is 9.04. The predicted molar refractivity (Wildman–Crippen MR) is 78.1 cm³/mol. The minimum Gasteiger partial charge on any atom is -0.494 e. The second-order valence-electron chi connectivity index (χ2n) is 4.01. The molecule has 0 aliphatic rings. The maximum Gasteiger partial charge on any atom is 0.170 e. The van der Waals surface area contributed by atoms with Gasteiger partial charge in [0.1, 0.15) is 0 Å². The Bertz CT molecular complexity index is 606. The van der Waals surface area contributed by atoms with Crippen molar-refractivity contribution in [3.05, 3.63) is 62.8 Å². The van der Waals surface area contributed by atoms with E-state index in [0.717, 1.165) is 4.47 Å². The molecule has 2 nitrogen and oxygen atoms in total. The van der Waals surface area contributed by atoms with Crippen molar-refractivity contribution in [2.24, 2.45) is 5.73 Å². The van der Waals surface area contributed by atoms with E-state index in [4.69, 9.17) is 22.1 Å². The third-order valence-corrected chi connectivity index (χ3v) is 3.68. The van der Waals surface area contributed by atoms with E-state index in [2.05, 4.69) is 15.9 Å². The molecule has 19 heavy (non-hydrogen) atoms. The fourth-order valence-corrected chi connectivity index (χ4v) is 2.46. The molecule has 0 amide bonds. The first-order valence-electron chi connectivity index (χ1n) is 5.57. The fraction of sp³-hybridized carbons (Fsp3) is 0.143. The number of nitrogens with two attached hydrogens (primary N) is 1. The molecule has 0 heterocycles. The summed E-state index contributed by atoms with van der Waals surface area (Å²) < 4.78 is 20.0.